The van der Waals surface area contributed by atoms with Crippen molar-refractivity contribution < 1.29 is 4.79 Å². The highest BCUT2D eigenvalue weighted by atomic mass is 16.2. The summed E-state index contributed by atoms with van der Waals surface area (Å²) in [5.74, 6) is 0. The highest BCUT2D eigenvalue weighted by Crippen LogP contribution is 2.18. The van der Waals surface area contributed by atoms with Crippen molar-refractivity contribution >= 4 is 11.7 Å². The molecule has 0 aliphatic carbocycles. The van der Waals surface area contributed by atoms with Gasteiger partial charge in [0.05, 0.1) is 0 Å². The van der Waals surface area contributed by atoms with Gasteiger partial charge in [-0.25, -0.2) is 4.79 Å². The number of hydrogen-bond acceptors (Lipinski definition) is 1. The quantitative estimate of drug-likeness (QED) is 0.820. The second kappa shape index (κ2) is 6.41. The summed E-state index contributed by atoms with van der Waals surface area (Å²) in [5.41, 5.74) is 3.39. The third-order valence-electron chi connectivity index (χ3n) is 3.46. The fraction of sp³-hybridized carbons (Fsp3) is 0.438. The smallest absolute Gasteiger partial charge is 0.317 e. The van der Waals surface area contributed by atoms with Gasteiger partial charge in [-0.1, -0.05) is 37.6 Å². The molecule has 2 rings (SSSR count). The van der Waals surface area contributed by atoms with Crippen LogP contribution < -0.4 is 5.32 Å². The van der Waals surface area contributed by atoms with Crippen LogP contribution in [-0.4, -0.2) is 24.0 Å². The lowest BCUT2D eigenvalue weighted by Gasteiger charge is -2.17. The molecule has 1 aliphatic rings. The average molecular weight is 258 g/mol. The molecule has 0 unspecified atom stereocenters. The van der Waals surface area contributed by atoms with E-state index in [1.807, 2.05) is 25.1 Å². The highest BCUT2D eigenvalue weighted by Gasteiger charge is 2.14. The average Bonchev–Trinajstić information content (AvgIpc) is 2.93. The van der Waals surface area contributed by atoms with E-state index < -0.39 is 0 Å². The Labute approximate surface area is 115 Å². The molecule has 1 heterocycles. The first-order valence-corrected chi connectivity index (χ1v) is 7.01. The van der Waals surface area contributed by atoms with Crippen molar-refractivity contribution in [3.05, 3.63) is 41.5 Å². The minimum atomic E-state index is -0.0191. The van der Waals surface area contributed by atoms with Crippen LogP contribution in [0.4, 0.5) is 10.5 Å². The molecule has 0 spiro atoms. The van der Waals surface area contributed by atoms with Crippen LogP contribution in [0.1, 0.15) is 30.9 Å². The number of benzene rings is 1. The Morgan fingerprint density at radius 1 is 1.32 bits per heavy atom. The number of urea groups is 1. The molecule has 1 aromatic rings. The van der Waals surface area contributed by atoms with Crippen molar-refractivity contribution in [2.45, 2.75) is 33.1 Å². The first kappa shape index (κ1) is 13.7. The summed E-state index contributed by atoms with van der Waals surface area (Å²) in [6, 6.07) is 6.28. The Hall–Kier alpha value is -1.77. The third kappa shape index (κ3) is 3.60. The van der Waals surface area contributed by atoms with E-state index in [0.29, 0.717) is 13.1 Å². The number of hydrogen-bond donors (Lipinski definition) is 1. The number of amides is 2. The van der Waals surface area contributed by atoms with Gasteiger partial charge in [-0.15, -0.1) is 0 Å². The fourth-order valence-electron chi connectivity index (χ4n) is 2.24. The van der Waals surface area contributed by atoms with Crippen LogP contribution in [0, 0.1) is 6.92 Å². The van der Waals surface area contributed by atoms with Crippen LogP contribution >= 0.6 is 0 Å². The zero-order valence-corrected chi connectivity index (χ0v) is 11.8. The normalized spacial score (nSPS) is 13.9. The lowest BCUT2D eigenvalue weighted by atomic mass is 10.0. The molecular weight excluding hydrogens is 236 g/mol. The van der Waals surface area contributed by atoms with Crippen LogP contribution in [-0.2, 0) is 6.42 Å². The molecule has 1 aromatic carbocycles. The van der Waals surface area contributed by atoms with Gasteiger partial charge in [-0.2, -0.15) is 0 Å². The highest BCUT2D eigenvalue weighted by molar-refractivity contribution is 5.90. The van der Waals surface area contributed by atoms with Crippen molar-refractivity contribution in [2.75, 3.05) is 18.4 Å². The van der Waals surface area contributed by atoms with Crippen LogP contribution in [0.25, 0.3) is 0 Å². The third-order valence-corrected chi connectivity index (χ3v) is 3.46. The van der Waals surface area contributed by atoms with E-state index in [2.05, 4.69) is 24.4 Å². The summed E-state index contributed by atoms with van der Waals surface area (Å²) in [7, 11) is 0. The number of rotatable bonds is 4. The molecule has 19 heavy (non-hydrogen) atoms. The van der Waals surface area contributed by atoms with Crippen molar-refractivity contribution in [3.63, 3.8) is 0 Å². The van der Waals surface area contributed by atoms with E-state index in [9.17, 15) is 4.79 Å². The summed E-state index contributed by atoms with van der Waals surface area (Å²) < 4.78 is 0. The first-order chi connectivity index (χ1) is 9.20. The predicted octanol–water partition coefficient (Wildman–Crippen LogP) is 3.74. The summed E-state index contributed by atoms with van der Waals surface area (Å²) in [6.45, 7) is 5.66. The second-order valence-corrected chi connectivity index (χ2v) is 5.06. The summed E-state index contributed by atoms with van der Waals surface area (Å²) in [6.07, 6.45) is 7.56. The molecule has 2 amide bonds. The van der Waals surface area contributed by atoms with Gasteiger partial charge in [-0.3, -0.25) is 0 Å². The van der Waals surface area contributed by atoms with Crippen molar-refractivity contribution in [2.24, 2.45) is 0 Å². The van der Waals surface area contributed by atoms with E-state index in [4.69, 9.17) is 0 Å². The molecule has 3 heteroatoms. The van der Waals surface area contributed by atoms with Gasteiger partial charge in [0.1, 0.15) is 0 Å². The monoisotopic (exact) mass is 258 g/mol. The molecule has 0 fully saturated rings. The maximum Gasteiger partial charge on any atom is 0.322 e. The van der Waals surface area contributed by atoms with Gasteiger partial charge >= 0.3 is 6.03 Å². The van der Waals surface area contributed by atoms with E-state index in [0.717, 1.165) is 17.7 Å². The molecule has 0 saturated carbocycles. The number of aryl methyl sites for hydroxylation is 2. The second-order valence-electron chi connectivity index (χ2n) is 5.06. The van der Waals surface area contributed by atoms with E-state index in [1.165, 1.54) is 18.4 Å². The van der Waals surface area contributed by atoms with Gasteiger partial charge in [0.15, 0.2) is 0 Å². The Bertz CT molecular complexity index is 472. The van der Waals surface area contributed by atoms with E-state index >= 15 is 0 Å². The predicted molar refractivity (Wildman–Crippen MR) is 79.5 cm³/mol. The molecule has 0 atom stereocenters. The molecule has 0 saturated heterocycles. The molecule has 0 aromatic heterocycles. The topological polar surface area (TPSA) is 32.3 Å². The maximum atomic E-state index is 12.0. The van der Waals surface area contributed by atoms with Crippen LogP contribution in [0.3, 0.4) is 0 Å². The Kier molecular flexibility index (Phi) is 4.61. The molecule has 0 radical (unpaired) electrons. The Balaban J connectivity index is 1.98. The number of nitrogens with one attached hydrogen (secondary N) is 1. The SMILES string of the molecule is CCCCc1ccc(NC(=O)N2CC=CC2)c(C)c1. The van der Waals surface area contributed by atoms with Crippen LogP contribution in [0.2, 0.25) is 0 Å². The van der Waals surface area contributed by atoms with Crippen LogP contribution in [0.15, 0.2) is 30.4 Å². The number of unbranched alkanes of at least 4 members (excludes halogenated alkanes) is 1. The zero-order chi connectivity index (χ0) is 13.7. The standard InChI is InChI=1S/C16H22N2O/c1-3-4-7-14-8-9-15(13(2)12-14)17-16(19)18-10-5-6-11-18/h5-6,8-9,12H,3-4,7,10-11H2,1-2H3,(H,17,19). The number of anilines is 1. The van der Waals surface area contributed by atoms with Crippen molar-refractivity contribution in [1.82, 2.24) is 4.90 Å². The minimum Gasteiger partial charge on any atom is -0.317 e. The van der Waals surface area contributed by atoms with Gasteiger partial charge < -0.3 is 10.2 Å². The maximum absolute atomic E-state index is 12.0. The van der Waals surface area contributed by atoms with Crippen LogP contribution in [0.5, 0.6) is 0 Å². The molecule has 1 aliphatic heterocycles. The van der Waals surface area contributed by atoms with E-state index in [-0.39, 0.29) is 6.03 Å². The van der Waals surface area contributed by atoms with Crippen molar-refractivity contribution in [3.8, 4) is 0 Å². The first-order valence-electron chi connectivity index (χ1n) is 7.01. The Morgan fingerprint density at radius 3 is 2.68 bits per heavy atom. The number of carbonyl (C=O) groups excluding carboxylic acids is 1. The lowest BCUT2D eigenvalue weighted by Crippen LogP contribution is -2.32. The Morgan fingerprint density at radius 2 is 2.05 bits per heavy atom. The number of nitrogens with zero attached hydrogens (tertiary/aromatic N) is 1. The summed E-state index contributed by atoms with van der Waals surface area (Å²) in [4.78, 5) is 13.8. The summed E-state index contributed by atoms with van der Waals surface area (Å²) in [5, 5.41) is 2.98. The van der Waals surface area contributed by atoms with Gasteiger partial charge in [0, 0.05) is 18.8 Å². The molecular formula is C16H22N2O. The molecule has 1 N–H and O–H groups in total. The molecule has 102 valence electrons. The van der Waals surface area contributed by atoms with Crippen molar-refractivity contribution in [1.29, 1.82) is 0 Å². The van der Waals surface area contributed by atoms with Gasteiger partial charge in [-0.05, 0) is 37.0 Å². The van der Waals surface area contributed by atoms with E-state index in [1.54, 1.807) is 4.90 Å². The number of carbonyl (C=O) groups is 1. The van der Waals surface area contributed by atoms with Gasteiger partial charge in [0.25, 0.3) is 0 Å². The zero-order valence-electron chi connectivity index (χ0n) is 11.8. The largest absolute Gasteiger partial charge is 0.322 e. The van der Waals surface area contributed by atoms with Gasteiger partial charge in [0.2, 0.25) is 0 Å². The fourth-order valence-corrected chi connectivity index (χ4v) is 2.24. The molecule has 3 nitrogen and oxygen atoms in total. The lowest BCUT2D eigenvalue weighted by molar-refractivity contribution is 0.224. The minimum absolute atomic E-state index is 0.0191. The summed E-state index contributed by atoms with van der Waals surface area (Å²) >= 11 is 0. The molecule has 0 bridgehead atoms.